The molecular formula is C14H13ClN2OS. The molecule has 2 aromatic heterocycles. The molecule has 3 nitrogen and oxygen atoms in total. The molecule has 0 aliphatic heterocycles. The maximum absolute atomic E-state index is 12.5. The van der Waals surface area contributed by atoms with Crippen molar-refractivity contribution in [2.24, 2.45) is 0 Å². The van der Waals surface area contributed by atoms with Crippen LogP contribution in [0.2, 0.25) is 5.15 Å². The number of pyridine rings is 1. The molecule has 0 spiro atoms. The minimum absolute atomic E-state index is 0.0398. The lowest BCUT2D eigenvalue weighted by Crippen LogP contribution is -2.32. The number of carbonyl (C=O) groups is 1. The van der Waals surface area contributed by atoms with Gasteiger partial charge in [-0.1, -0.05) is 11.6 Å². The number of thiophene rings is 1. The van der Waals surface area contributed by atoms with E-state index >= 15 is 0 Å². The molecule has 19 heavy (non-hydrogen) atoms. The van der Waals surface area contributed by atoms with Gasteiger partial charge >= 0.3 is 0 Å². The number of rotatable bonds is 4. The Hall–Kier alpha value is -1.39. The van der Waals surface area contributed by atoms with Gasteiger partial charge in [0, 0.05) is 24.3 Å². The van der Waals surface area contributed by atoms with Crippen LogP contribution in [0.15, 0.2) is 35.2 Å². The summed E-state index contributed by atoms with van der Waals surface area (Å²) < 4.78 is 0. The number of amides is 1. The zero-order valence-electron chi connectivity index (χ0n) is 10.3. The lowest BCUT2D eigenvalue weighted by molar-refractivity contribution is 0.0730. The van der Waals surface area contributed by atoms with Gasteiger partial charge in [-0.15, -0.1) is 0 Å². The van der Waals surface area contributed by atoms with E-state index in [1.165, 1.54) is 5.56 Å². The third-order valence-corrected chi connectivity index (χ3v) is 4.09. The molecule has 0 radical (unpaired) electrons. The Balaban J connectivity index is 1.82. The summed E-state index contributed by atoms with van der Waals surface area (Å²) in [7, 11) is 0. The molecular weight excluding hydrogens is 280 g/mol. The van der Waals surface area contributed by atoms with Crippen molar-refractivity contribution in [3.05, 3.63) is 51.4 Å². The monoisotopic (exact) mass is 292 g/mol. The second-order valence-corrected chi connectivity index (χ2v) is 5.83. The fourth-order valence-electron chi connectivity index (χ4n) is 2.03. The Bertz CT molecular complexity index is 581. The van der Waals surface area contributed by atoms with Crippen molar-refractivity contribution >= 4 is 28.8 Å². The largest absolute Gasteiger partial charge is 0.331 e. The zero-order valence-corrected chi connectivity index (χ0v) is 11.8. The Morgan fingerprint density at radius 3 is 2.95 bits per heavy atom. The quantitative estimate of drug-likeness (QED) is 0.807. The van der Waals surface area contributed by atoms with Crippen LogP contribution in [0.5, 0.6) is 0 Å². The van der Waals surface area contributed by atoms with Crippen molar-refractivity contribution in [1.29, 1.82) is 0 Å². The molecule has 0 N–H and O–H groups in total. The maximum Gasteiger partial charge on any atom is 0.254 e. The van der Waals surface area contributed by atoms with E-state index in [1.54, 1.807) is 29.7 Å². The van der Waals surface area contributed by atoms with Gasteiger partial charge in [-0.05, 0) is 47.4 Å². The van der Waals surface area contributed by atoms with Gasteiger partial charge in [-0.3, -0.25) is 4.79 Å². The average molecular weight is 293 g/mol. The van der Waals surface area contributed by atoms with E-state index in [4.69, 9.17) is 11.6 Å². The van der Waals surface area contributed by atoms with E-state index in [9.17, 15) is 4.79 Å². The summed E-state index contributed by atoms with van der Waals surface area (Å²) in [5, 5.41) is 4.48. The van der Waals surface area contributed by atoms with E-state index in [0.717, 1.165) is 12.8 Å². The summed E-state index contributed by atoms with van der Waals surface area (Å²) in [5.41, 5.74) is 1.80. The lowest BCUT2D eigenvalue weighted by atomic mass is 10.2. The Kier molecular flexibility index (Phi) is 3.53. The van der Waals surface area contributed by atoms with Crippen LogP contribution in [-0.4, -0.2) is 21.8 Å². The number of nitrogens with zero attached hydrogens (tertiary/aromatic N) is 2. The third-order valence-electron chi connectivity index (χ3n) is 3.16. The minimum atomic E-state index is 0.0398. The molecule has 2 aromatic rings. The fraction of sp³-hybridized carbons (Fsp3) is 0.286. The van der Waals surface area contributed by atoms with Crippen LogP contribution >= 0.6 is 22.9 Å². The highest BCUT2D eigenvalue weighted by Gasteiger charge is 2.33. The molecule has 5 heteroatoms. The van der Waals surface area contributed by atoms with Gasteiger partial charge in [-0.2, -0.15) is 11.3 Å². The Morgan fingerprint density at radius 2 is 2.32 bits per heavy atom. The van der Waals surface area contributed by atoms with Crippen LogP contribution in [0.1, 0.15) is 28.8 Å². The van der Waals surface area contributed by atoms with E-state index in [1.807, 2.05) is 10.3 Å². The number of halogens is 1. The van der Waals surface area contributed by atoms with Crippen LogP contribution in [0.25, 0.3) is 0 Å². The number of carbonyl (C=O) groups excluding carboxylic acids is 1. The smallest absolute Gasteiger partial charge is 0.254 e. The van der Waals surface area contributed by atoms with E-state index in [-0.39, 0.29) is 5.91 Å². The zero-order chi connectivity index (χ0) is 13.2. The maximum atomic E-state index is 12.5. The van der Waals surface area contributed by atoms with Gasteiger partial charge in [-0.25, -0.2) is 4.98 Å². The molecule has 0 saturated heterocycles. The fourth-order valence-corrected chi connectivity index (χ4v) is 2.87. The molecule has 1 aliphatic carbocycles. The first kappa shape index (κ1) is 12.6. The van der Waals surface area contributed by atoms with Gasteiger partial charge in [0.25, 0.3) is 5.91 Å². The van der Waals surface area contributed by atoms with Gasteiger partial charge in [0.2, 0.25) is 0 Å². The normalized spacial score (nSPS) is 14.4. The van der Waals surface area contributed by atoms with Gasteiger partial charge in [0.15, 0.2) is 0 Å². The molecule has 3 rings (SSSR count). The predicted octanol–water partition coefficient (Wildman–Crippen LogP) is 3.60. The molecule has 1 saturated carbocycles. The first-order valence-electron chi connectivity index (χ1n) is 6.17. The molecule has 1 fully saturated rings. The van der Waals surface area contributed by atoms with Gasteiger partial charge in [0.05, 0.1) is 0 Å². The van der Waals surface area contributed by atoms with Crippen LogP contribution in [-0.2, 0) is 6.54 Å². The van der Waals surface area contributed by atoms with Crippen molar-refractivity contribution in [1.82, 2.24) is 9.88 Å². The summed E-state index contributed by atoms with van der Waals surface area (Å²) in [6.07, 6.45) is 3.76. The highest BCUT2D eigenvalue weighted by molar-refractivity contribution is 7.07. The first-order chi connectivity index (χ1) is 9.24. The topological polar surface area (TPSA) is 33.2 Å². The summed E-state index contributed by atoms with van der Waals surface area (Å²) in [6.45, 7) is 0.674. The summed E-state index contributed by atoms with van der Waals surface area (Å²) in [4.78, 5) is 18.4. The third kappa shape index (κ3) is 2.96. The molecule has 1 amide bonds. The van der Waals surface area contributed by atoms with Crippen molar-refractivity contribution in [2.45, 2.75) is 25.4 Å². The van der Waals surface area contributed by atoms with Gasteiger partial charge < -0.3 is 4.90 Å². The van der Waals surface area contributed by atoms with Crippen LogP contribution < -0.4 is 0 Å². The molecule has 0 atom stereocenters. The minimum Gasteiger partial charge on any atom is -0.331 e. The second-order valence-electron chi connectivity index (χ2n) is 4.66. The number of hydrogen-bond acceptors (Lipinski definition) is 3. The van der Waals surface area contributed by atoms with Crippen LogP contribution in [0, 0.1) is 0 Å². The predicted molar refractivity (Wildman–Crippen MR) is 76.5 cm³/mol. The molecule has 0 bridgehead atoms. The Morgan fingerprint density at radius 1 is 1.47 bits per heavy atom. The molecule has 0 unspecified atom stereocenters. The van der Waals surface area contributed by atoms with E-state index in [0.29, 0.717) is 23.3 Å². The lowest BCUT2D eigenvalue weighted by Gasteiger charge is -2.22. The van der Waals surface area contributed by atoms with E-state index in [2.05, 4.69) is 16.4 Å². The first-order valence-corrected chi connectivity index (χ1v) is 7.50. The molecule has 0 aromatic carbocycles. The van der Waals surface area contributed by atoms with Crippen molar-refractivity contribution in [3.8, 4) is 0 Å². The average Bonchev–Trinajstić information content (AvgIpc) is 3.12. The molecule has 2 heterocycles. The standard InChI is InChI=1S/C14H13ClN2OS/c15-13-7-11(3-5-16-13)14(18)17(12-1-2-12)8-10-4-6-19-9-10/h3-7,9,12H,1-2,8H2. The van der Waals surface area contributed by atoms with Crippen LogP contribution in [0.3, 0.4) is 0 Å². The summed E-state index contributed by atoms with van der Waals surface area (Å²) >= 11 is 7.51. The number of aromatic nitrogens is 1. The summed E-state index contributed by atoms with van der Waals surface area (Å²) in [6, 6.07) is 5.79. The highest BCUT2D eigenvalue weighted by Crippen LogP contribution is 2.30. The van der Waals surface area contributed by atoms with Crippen LogP contribution in [0.4, 0.5) is 0 Å². The van der Waals surface area contributed by atoms with Crippen molar-refractivity contribution < 1.29 is 4.79 Å². The van der Waals surface area contributed by atoms with E-state index < -0.39 is 0 Å². The van der Waals surface area contributed by atoms with Gasteiger partial charge in [0.1, 0.15) is 5.15 Å². The van der Waals surface area contributed by atoms with Crippen molar-refractivity contribution in [3.63, 3.8) is 0 Å². The SMILES string of the molecule is O=C(c1ccnc(Cl)c1)N(Cc1ccsc1)C1CC1. The molecule has 98 valence electrons. The summed E-state index contributed by atoms with van der Waals surface area (Å²) in [5.74, 6) is 0.0398. The molecule has 1 aliphatic rings. The highest BCUT2D eigenvalue weighted by atomic mass is 35.5. The Labute approximate surface area is 120 Å². The van der Waals surface area contributed by atoms with Crippen molar-refractivity contribution in [2.75, 3.05) is 0 Å². The second kappa shape index (κ2) is 5.31. The number of hydrogen-bond donors (Lipinski definition) is 0.